The van der Waals surface area contributed by atoms with Crippen LogP contribution in [0.4, 0.5) is 5.69 Å². The maximum atomic E-state index is 5.76. The number of anilines is 1. The SMILES string of the molecule is CC.CNc1cnc(Cl)c(Br)c1C. The van der Waals surface area contributed by atoms with Gasteiger partial charge in [-0.05, 0) is 28.4 Å². The molecule has 1 aromatic rings. The Morgan fingerprint density at radius 2 is 2.00 bits per heavy atom. The average molecular weight is 266 g/mol. The predicted molar refractivity (Wildman–Crippen MR) is 62.6 cm³/mol. The molecule has 1 N–H and O–H groups in total. The van der Waals surface area contributed by atoms with Crippen molar-refractivity contribution in [1.29, 1.82) is 0 Å². The first-order chi connectivity index (χ1) is 6.16. The van der Waals surface area contributed by atoms with E-state index in [4.69, 9.17) is 11.6 Å². The highest BCUT2D eigenvalue weighted by molar-refractivity contribution is 9.10. The van der Waals surface area contributed by atoms with Crippen molar-refractivity contribution >= 4 is 33.2 Å². The van der Waals surface area contributed by atoms with E-state index in [2.05, 4.69) is 26.2 Å². The Morgan fingerprint density at radius 1 is 1.46 bits per heavy atom. The van der Waals surface area contributed by atoms with Gasteiger partial charge in [-0.15, -0.1) is 0 Å². The molecule has 0 radical (unpaired) electrons. The minimum atomic E-state index is 0.501. The van der Waals surface area contributed by atoms with Crippen LogP contribution < -0.4 is 5.32 Å². The molecule has 0 spiro atoms. The summed E-state index contributed by atoms with van der Waals surface area (Å²) in [4.78, 5) is 3.97. The molecule has 2 nitrogen and oxygen atoms in total. The molecule has 0 atom stereocenters. The molecule has 0 aliphatic heterocycles. The fourth-order valence-corrected chi connectivity index (χ4v) is 1.31. The first kappa shape index (κ1) is 12.7. The van der Waals surface area contributed by atoms with Gasteiger partial charge in [-0.2, -0.15) is 0 Å². The molecular weight excluding hydrogens is 251 g/mol. The number of pyridine rings is 1. The van der Waals surface area contributed by atoms with Crippen LogP contribution in [0.3, 0.4) is 0 Å². The minimum absolute atomic E-state index is 0.501. The van der Waals surface area contributed by atoms with E-state index in [0.717, 1.165) is 15.7 Å². The first-order valence-corrected chi connectivity index (χ1v) is 5.32. The quantitative estimate of drug-likeness (QED) is 0.780. The van der Waals surface area contributed by atoms with E-state index in [1.54, 1.807) is 6.20 Å². The second-order valence-electron chi connectivity index (χ2n) is 2.15. The Bertz CT molecular complexity index is 277. The summed E-state index contributed by atoms with van der Waals surface area (Å²) in [6.07, 6.45) is 1.71. The molecule has 0 bridgehead atoms. The third-order valence-electron chi connectivity index (χ3n) is 1.49. The molecule has 13 heavy (non-hydrogen) atoms. The highest BCUT2D eigenvalue weighted by Gasteiger charge is 2.04. The summed E-state index contributed by atoms with van der Waals surface area (Å²) >= 11 is 9.09. The van der Waals surface area contributed by atoms with Gasteiger partial charge >= 0.3 is 0 Å². The summed E-state index contributed by atoms with van der Waals surface area (Å²) in [5.41, 5.74) is 2.06. The maximum Gasteiger partial charge on any atom is 0.143 e. The topological polar surface area (TPSA) is 24.9 Å². The zero-order valence-corrected chi connectivity index (χ0v) is 10.6. The predicted octanol–water partition coefficient (Wildman–Crippen LogP) is 3.87. The van der Waals surface area contributed by atoms with Gasteiger partial charge in [0.05, 0.1) is 16.4 Å². The molecule has 0 amide bonds. The van der Waals surface area contributed by atoms with Crippen LogP contribution in [0.2, 0.25) is 5.15 Å². The third kappa shape index (κ3) is 3.16. The lowest BCUT2D eigenvalue weighted by Crippen LogP contribution is -1.94. The van der Waals surface area contributed by atoms with E-state index in [1.165, 1.54) is 0 Å². The van der Waals surface area contributed by atoms with Crippen LogP contribution in [0.25, 0.3) is 0 Å². The van der Waals surface area contributed by atoms with Gasteiger partial charge < -0.3 is 5.32 Å². The molecule has 74 valence electrons. The summed E-state index contributed by atoms with van der Waals surface area (Å²) in [5.74, 6) is 0. The highest BCUT2D eigenvalue weighted by Crippen LogP contribution is 2.28. The lowest BCUT2D eigenvalue weighted by Gasteiger charge is -2.06. The van der Waals surface area contributed by atoms with E-state index in [0.29, 0.717) is 5.15 Å². The molecule has 4 heteroatoms. The van der Waals surface area contributed by atoms with Gasteiger partial charge in [-0.3, -0.25) is 0 Å². The van der Waals surface area contributed by atoms with Crippen LogP contribution in [0.1, 0.15) is 19.4 Å². The number of rotatable bonds is 1. The van der Waals surface area contributed by atoms with Crippen molar-refractivity contribution in [2.24, 2.45) is 0 Å². The van der Waals surface area contributed by atoms with Gasteiger partial charge in [0.25, 0.3) is 0 Å². The van der Waals surface area contributed by atoms with Crippen LogP contribution in [-0.2, 0) is 0 Å². The number of hydrogen-bond donors (Lipinski definition) is 1. The standard InChI is InChI=1S/C7H8BrClN2.C2H6/c1-4-5(10-2)3-11-7(9)6(4)8;1-2/h3,10H,1-2H3;1-2H3. The van der Waals surface area contributed by atoms with Crippen LogP contribution in [0, 0.1) is 6.92 Å². The largest absolute Gasteiger partial charge is 0.387 e. The molecule has 0 fully saturated rings. The molecule has 0 saturated carbocycles. The Kier molecular flexibility index (Phi) is 6.08. The fraction of sp³-hybridized carbons (Fsp3) is 0.444. The molecule has 0 unspecified atom stereocenters. The third-order valence-corrected chi connectivity index (χ3v) is 2.98. The van der Waals surface area contributed by atoms with Crippen molar-refractivity contribution in [2.75, 3.05) is 12.4 Å². The Hall–Kier alpha value is -0.280. The summed E-state index contributed by atoms with van der Waals surface area (Å²) in [5, 5.41) is 3.51. The van der Waals surface area contributed by atoms with Crippen molar-refractivity contribution in [3.05, 3.63) is 21.4 Å². The van der Waals surface area contributed by atoms with Gasteiger partial charge in [0.1, 0.15) is 5.15 Å². The molecular formula is C9H14BrClN2. The van der Waals surface area contributed by atoms with Crippen molar-refractivity contribution in [1.82, 2.24) is 4.98 Å². The summed E-state index contributed by atoms with van der Waals surface area (Å²) in [6.45, 7) is 5.98. The van der Waals surface area contributed by atoms with Gasteiger partial charge in [0, 0.05) is 7.05 Å². The van der Waals surface area contributed by atoms with Crippen LogP contribution >= 0.6 is 27.5 Å². The van der Waals surface area contributed by atoms with Crippen LogP contribution in [-0.4, -0.2) is 12.0 Å². The number of aromatic nitrogens is 1. The van der Waals surface area contributed by atoms with Gasteiger partial charge in [0.15, 0.2) is 0 Å². The van der Waals surface area contributed by atoms with Crippen LogP contribution in [0.15, 0.2) is 10.7 Å². The molecule has 0 aliphatic carbocycles. The number of nitrogens with one attached hydrogen (secondary N) is 1. The second kappa shape index (κ2) is 6.22. The summed E-state index contributed by atoms with van der Waals surface area (Å²) in [7, 11) is 1.85. The lowest BCUT2D eigenvalue weighted by atomic mass is 10.2. The van der Waals surface area contributed by atoms with E-state index in [-0.39, 0.29) is 0 Å². The monoisotopic (exact) mass is 264 g/mol. The van der Waals surface area contributed by atoms with Gasteiger partial charge in [-0.25, -0.2) is 4.98 Å². The van der Waals surface area contributed by atoms with E-state index < -0.39 is 0 Å². The lowest BCUT2D eigenvalue weighted by molar-refractivity contribution is 1.24. The van der Waals surface area contributed by atoms with Crippen molar-refractivity contribution in [3.63, 3.8) is 0 Å². The van der Waals surface area contributed by atoms with E-state index in [9.17, 15) is 0 Å². The fourth-order valence-electron chi connectivity index (χ4n) is 0.800. The molecule has 0 aromatic carbocycles. The Balaban J connectivity index is 0.000000671. The number of halogens is 2. The van der Waals surface area contributed by atoms with Crippen molar-refractivity contribution in [2.45, 2.75) is 20.8 Å². The minimum Gasteiger partial charge on any atom is -0.387 e. The molecule has 1 heterocycles. The zero-order valence-electron chi connectivity index (χ0n) is 8.28. The number of hydrogen-bond acceptors (Lipinski definition) is 2. The molecule has 0 aliphatic rings. The first-order valence-electron chi connectivity index (χ1n) is 4.15. The number of nitrogens with zero attached hydrogens (tertiary/aromatic N) is 1. The van der Waals surface area contributed by atoms with E-state index >= 15 is 0 Å². The molecule has 0 saturated heterocycles. The average Bonchev–Trinajstić information content (AvgIpc) is 2.18. The molecule has 1 rings (SSSR count). The summed E-state index contributed by atoms with van der Waals surface area (Å²) < 4.78 is 0.853. The molecule has 1 aromatic heterocycles. The van der Waals surface area contributed by atoms with Gasteiger partial charge in [-0.1, -0.05) is 25.4 Å². The van der Waals surface area contributed by atoms with Gasteiger partial charge in [0.2, 0.25) is 0 Å². The second-order valence-corrected chi connectivity index (χ2v) is 3.30. The Morgan fingerprint density at radius 3 is 2.46 bits per heavy atom. The smallest absolute Gasteiger partial charge is 0.143 e. The van der Waals surface area contributed by atoms with E-state index in [1.807, 2.05) is 27.8 Å². The van der Waals surface area contributed by atoms with Crippen LogP contribution in [0.5, 0.6) is 0 Å². The Labute approximate surface area is 92.8 Å². The highest BCUT2D eigenvalue weighted by atomic mass is 79.9. The normalized spacial score (nSPS) is 8.77. The van der Waals surface area contributed by atoms with Crippen molar-refractivity contribution in [3.8, 4) is 0 Å². The summed E-state index contributed by atoms with van der Waals surface area (Å²) in [6, 6.07) is 0. The van der Waals surface area contributed by atoms with Crippen molar-refractivity contribution < 1.29 is 0 Å². The maximum absolute atomic E-state index is 5.76. The zero-order chi connectivity index (χ0) is 10.4.